The zero-order valence-corrected chi connectivity index (χ0v) is 28.4. The van der Waals surface area contributed by atoms with Crippen molar-refractivity contribution in [1.29, 1.82) is 0 Å². The Balaban J connectivity index is 1.53. The van der Waals surface area contributed by atoms with Gasteiger partial charge < -0.3 is 24.9 Å². The summed E-state index contributed by atoms with van der Waals surface area (Å²) < 4.78 is 12.7. The Morgan fingerprint density at radius 3 is 2.22 bits per heavy atom. The maximum Gasteiger partial charge on any atom is 0.408 e. The molecule has 0 aliphatic carbocycles. The number of carboxylic acid groups (broad SMARTS) is 1. The van der Waals surface area contributed by atoms with Crippen LogP contribution >= 0.6 is 23.2 Å². The lowest BCUT2D eigenvalue weighted by molar-refractivity contribution is -0.147. The van der Waals surface area contributed by atoms with E-state index in [1.54, 1.807) is 65.0 Å². The molecular weight excluding hydrogens is 633 g/mol. The third-order valence-electron chi connectivity index (χ3n) is 7.46. The molecule has 246 valence electrons. The van der Waals surface area contributed by atoms with Crippen LogP contribution in [-0.4, -0.2) is 54.7 Å². The molecule has 13 heteroatoms. The van der Waals surface area contributed by atoms with Gasteiger partial charge in [-0.2, -0.15) is 5.10 Å². The number of fused-ring (bicyclic) bond motifs is 1. The molecule has 0 saturated heterocycles. The Bertz CT molecular complexity index is 1770. The Morgan fingerprint density at radius 1 is 1.04 bits per heavy atom. The summed E-state index contributed by atoms with van der Waals surface area (Å²) in [5.74, 6) is -0.751. The van der Waals surface area contributed by atoms with Crippen molar-refractivity contribution in [2.24, 2.45) is 5.92 Å². The smallest absolute Gasteiger partial charge is 0.408 e. The van der Waals surface area contributed by atoms with Gasteiger partial charge in [0.15, 0.2) is 5.65 Å². The number of aromatic nitrogens is 4. The van der Waals surface area contributed by atoms with E-state index >= 15 is 0 Å². The van der Waals surface area contributed by atoms with Gasteiger partial charge >= 0.3 is 12.1 Å². The summed E-state index contributed by atoms with van der Waals surface area (Å²) in [4.78, 5) is 45.7. The van der Waals surface area contributed by atoms with Gasteiger partial charge in [-0.15, -0.1) is 0 Å². The molecule has 0 saturated carbocycles. The number of halogens is 2. The van der Waals surface area contributed by atoms with Crippen molar-refractivity contribution in [3.63, 3.8) is 0 Å². The van der Waals surface area contributed by atoms with E-state index in [9.17, 15) is 19.5 Å². The molecule has 0 unspecified atom stereocenters. The number of aromatic amines is 1. The minimum absolute atomic E-state index is 0.00760. The number of hydrogen-bond donors (Lipinski definition) is 3. The summed E-state index contributed by atoms with van der Waals surface area (Å²) in [5, 5.41) is 18.4. The van der Waals surface area contributed by atoms with Crippen LogP contribution in [0.2, 0.25) is 10.0 Å². The average Bonchev–Trinajstić information content (AvgIpc) is 3.32. The van der Waals surface area contributed by atoms with Gasteiger partial charge in [-0.3, -0.25) is 4.79 Å². The van der Waals surface area contributed by atoms with E-state index in [4.69, 9.17) is 37.7 Å². The number of para-hydroxylation sites is 1. The number of nitrogens with one attached hydrogen (secondary N) is 2. The lowest BCUT2D eigenvalue weighted by Crippen LogP contribution is -2.59. The average molecular weight is 673 g/mol. The molecule has 46 heavy (non-hydrogen) atoms. The van der Waals surface area contributed by atoms with Crippen molar-refractivity contribution in [2.75, 3.05) is 6.61 Å². The number of carbonyl (C=O) groups is 2. The number of carbonyl (C=O) groups excluding carboxylic acids is 1. The van der Waals surface area contributed by atoms with Crippen LogP contribution < -0.4 is 15.6 Å². The van der Waals surface area contributed by atoms with Gasteiger partial charge in [0.2, 0.25) is 0 Å². The first-order valence-electron chi connectivity index (χ1n) is 14.9. The van der Waals surface area contributed by atoms with E-state index in [0.29, 0.717) is 50.5 Å². The Morgan fingerprint density at radius 2 is 1.67 bits per heavy atom. The van der Waals surface area contributed by atoms with Crippen LogP contribution in [0.15, 0.2) is 47.3 Å². The number of ether oxygens (including phenoxy) is 2. The Kier molecular flexibility index (Phi) is 10.4. The first kappa shape index (κ1) is 34.8. The number of carboxylic acids is 1. The van der Waals surface area contributed by atoms with Gasteiger partial charge in [-0.25, -0.2) is 19.3 Å². The molecule has 0 spiro atoms. The van der Waals surface area contributed by atoms with E-state index < -0.39 is 29.1 Å². The number of aliphatic carboxylic acids is 1. The third-order valence-corrected chi connectivity index (χ3v) is 8.07. The zero-order chi connectivity index (χ0) is 34.0. The molecule has 0 aliphatic heterocycles. The minimum atomic E-state index is -1.59. The molecule has 0 radical (unpaired) electrons. The molecular formula is C33H39Cl2N5O6. The van der Waals surface area contributed by atoms with E-state index in [-0.39, 0.29) is 24.5 Å². The number of amides is 1. The largest absolute Gasteiger partial charge is 0.493 e. The molecule has 2 aromatic carbocycles. The summed E-state index contributed by atoms with van der Waals surface area (Å²) in [6.45, 7) is 12.5. The highest BCUT2D eigenvalue weighted by molar-refractivity contribution is 6.37. The van der Waals surface area contributed by atoms with Gasteiger partial charge in [-0.1, -0.05) is 69.1 Å². The molecule has 0 bridgehead atoms. The van der Waals surface area contributed by atoms with Crippen LogP contribution in [0.5, 0.6) is 5.75 Å². The second-order valence-corrected chi connectivity index (χ2v) is 13.5. The van der Waals surface area contributed by atoms with Crippen molar-refractivity contribution >= 4 is 46.3 Å². The summed E-state index contributed by atoms with van der Waals surface area (Å²) >= 11 is 13.0. The molecule has 2 aromatic heterocycles. The second-order valence-electron chi connectivity index (χ2n) is 12.7. The van der Waals surface area contributed by atoms with Crippen molar-refractivity contribution < 1.29 is 24.2 Å². The van der Waals surface area contributed by atoms with E-state index in [1.807, 2.05) is 26.0 Å². The van der Waals surface area contributed by atoms with E-state index in [2.05, 4.69) is 15.4 Å². The highest BCUT2D eigenvalue weighted by Crippen LogP contribution is 2.32. The monoisotopic (exact) mass is 671 g/mol. The predicted octanol–water partition coefficient (Wildman–Crippen LogP) is 6.90. The SMILES string of the molecule is CC(C)c1nn(-c2c(Cl)cccc2Cl)c2nc(Cc3ccc(OCC[C@@](NC(=O)OC(C)(C)C)(C(=O)O)C(C)C)cc3)[nH]c(=O)c12. The lowest BCUT2D eigenvalue weighted by Gasteiger charge is -2.35. The van der Waals surface area contributed by atoms with Crippen molar-refractivity contribution in [3.8, 4) is 11.4 Å². The van der Waals surface area contributed by atoms with Crippen molar-refractivity contribution in [3.05, 3.63) is 79.9 Å². The summed E-state index contributed by atoms with van der Waals surface area (Å²) in [6.07, 6.45) is -0.497. The number of alkyl carbamates (subject to hydrolysis) is 1. The van der Waals surface area contributed by atoms with Crippen LogP contribution in [0.3, 0.4) is 0 Å². The molecule has 11 nitrogen and oxygen atoms in total. The topological polar surface area (TPSA) is 148 Å². The number of nitrogens with zero attached hydrogens (tertiary/aromatic N) is 3. The summed E-state index contributed by atoms with van der Waals surface area (Å²) in [6, 6.07) is 12.3. The van der Waals surface area contributed by atoms with Crippen LogP contribution in [0, 0.1) is 5.92 Å². The highest BCUT2D eigenvalue weighted by atomic mass is 35.5. The summed E-state index contributed by atoms with van der Waals surface area (Å²) in [7, 11) is 0. The van der Waals surface area contributed by atoms with Crippen LogP contribution in [0.4, 0.5) is 4.79 Å². The van der Waals surface area contributed by atoms with E-state index in [0.717, 1.165) is 5.56 Å². The fourth-order valence-corrected chi connectivity index (χ4v) is 5.60. The van der Waals surface area contributed by atoms with Crippen molar-refractivity contribution in [1.82, 2.24) is 25.1 Å². The second kappa shape index (κ2) is 13.7. The lowest BCUT2D eigenvalue weighted by atomic mass is 9.83. The van der Waals surface area contributed by atoms with Crippen LogP contribution in [0.25, 0.3) is 16.7 Å². The number of benzene rings is 2. The van der Waals surface area contributed by atoms with Crippen molar-refractivity contribution in [2.45, 2.75) is 78.4 Å². The highest BCUT2D eigenvalue weighted by Gasteiger charge is 2.44. The molecule has 4 aromatic rings. The molecule has 1 atom stereocenters. The Labute approximate surface area is 277 Å². The molecule has 1 amide bonds. The fourth-order valence-electron chi connectivity index (χ4n) is 5.05. The number of H-pyrrole nitrogens is 1. The molecule has 0 aliphatic rings. The zero-order valence-electron chi connectivity index (χ0n) is 26.9. The standard InChI is InChI=1S/C33H39Cl2N5O6/c1-18(2)26-25-28(40(39-26)27-22(34)9-8-10-23(27)35)36-24(37-29(25)41)17-20-11-13-21(14-12-20)45-16-15-33(19(3)4,30(42)43)38-31(44)46-32(5,6)7/h8-14,18-19H,15-17H2,1-7H3,(H,38,44)(H,42,43)(H,36,37,41)/t33-/m0/s1. The fraction of sp³-hybridized carbons (Fsp3) is 0.424. The number of hydrogen-bond acceptors (Lipinski definition) is 7. The quantitative estimate of drug-likeness (QED) is 0.156. The minimum Gasteiger partial charge on any atom is -0.493 e. The summed E-state index contributed by atoms with van der Waals surface area (Å²) in [5.41, 5.74) is -0.463. The predicted molar refractivity (Wildman–Crippen MR) is 178 cm³/mol. The van der Waals surface area contributed by atoms with Gasteiger partial charge in [0, 0.05) is 12.8 Å². The third kappa shape index (κ3) is 7.64. The first-order chi connectivity index (χ1) is 21.5. The molecule has 0 fully saturated rings. The first-order valence-corrected chi connectivity index (χ1v) is 15.7. The maximum atomic E-state index is 13.3. The van der Waals surface area contributed by atoms with Crippen LogP contribution in [0.1, 0.15) is 77.9 Å². The number of rotatable bonds is 11. The van der Waals surface area contributed by atoms with E-state index in [1.165, 1.54) is 4.68 Å². The van der Waals surface area contributed by atoms with Gasteiger partial charge in [0.1, 0.15) is 33.8 Å². The van der Waals surface area contributed by atoms with Gasteiger partial charge in [0.05, 0.1) is 22.3 Å². The molecule has 3 N–H and O–H groups in total. The Hall–Kier alpha value is -4.09. The van der Waals surface area contributed by atoms with Gasteiger partial charge in [0.25, 0.3) is 5.56 Å². The van der Waals surface area contributed by atoms with Gasteiger partial charge in [-0.05, 0) is 62.4 Å². The maximum absolute atomic E-state index is 13.3. The molecule has 4 rings (SSSR count). The normalized spacial score (nSPS) is 13.2. The molecule has 2 heterocycles. The van der Waals surface area contributed by atoms with Crippen LogP contribution in [-0.2, 0) is 16.0 Å².